The molecule has 1 aromatic carbocycles. The lowest BCUT2D eigenvalue weighted by Crippen LogP contribution is -2.48. The Hall–Kier alpha value is -1.13. The smallest absolute Gasteiger partial charge is 0.244 e. The summed E-state index contributed by atoms with van der Waals surface area (Å²) in [6, 6.07) is 4.34. The first-order valence-electron chi connectivity index (χ1n) is 5.88. The zero-order chi connectivity index (χ0) is 12.5. The molecule has 18 heavy (non-hydrogen) atoms. The minimum atomic E-state index is -0.779. The summed E-state index contributed by atoms with van der Waals surface area (Å²) in [6.45, 7) is 1.83. The lowest BCUT2D eigenvalue weighted by Gasteiger charge is -2.22. The van der Waals surface area contributed by atoms with Gasteiger partial charge in [-0.15, -0.1) is 12.4 Å². The number of hydrogen-bond donors (Lipinski definition) is 2. The van der Waals surface area contributed by atoms with Crippen molar-refractivity contribution in [2.45, 2.75) is 38.1 Å². The lowest BCUT2D eigenvalue weighted by molar-refractivity contribution is -0.121. The van der Waals surface area contributed by atoms with Crippen LogP contribution in [0, 0.1) is 12.7 Å². The average molecular weight is 273 g/mol. The number of benzene rings is 1. The fourth-order valence-electron chi connectivity index (χ4n) is 2.21. The highest BCUT2D eigenvalue weighted by Crippen LogP contribution is 2.29. The van der Waals surface area contributed by atoms with Crippen LogP contribution in [0.1, 0.15) is 31.2 Å². The Morgan fingerprint density at radius 2 is 2.00 bits per heavy atom. The van der Waals surface area contributed by atoms with Crippen LogP contribution in [0.5, 0.6) is 0 Å². The standard InChI is InChI=1S/C13H17FN2O.ClH/c1-9-4-5-10(14)8-11(9)16-12(17)13(15)6-2-3-7-13;/h4-5,8H,2-3,6-7,15H2,1H3,(H,16,17);1H. The number of halogens is 2. The zero-order valence-corrected chi connectivity index (χ0v) is 11.1. The van der Waals surface area contributed by atoms with Crippen LogP contribution in [0.4, 0.5) is 10.1 Å². The number of aryl methyl sites for hydroxylation is 1. The van der Waals surface area contributed by atoms with Gasteiger partial charge in [-0.2, -0.15) is 0 Å². The van der Waals surface area contributed by atoms with E-state index in [4.69, 9.17) is 5.73 Å². The molecule has 0 atom stereocenters. The highest BCUT2D eigenvalue weighted by molar-refractivity contribution is 5.98. The van der Waals surface area contributed by atoms with Crippen molar-refractivity contribution in [2.75, 3.05) is 5.32 Å². The van der Waals surface area contributed by atoms with Crippen LogP contribution in [0.2, 0.25) is 0 Å². The molecule has 3 nitrogen and oxygen atoms in total. The van der Waals surface area contributed by atoms with Gasteiger partial charge in [-0.3, -0.25) is 4.79 Å². The molecule has 0 spiro atoms. The van der Waals surface area contributed by atoms with Crippen molar-refractivity contribution < 1.29 is 9.18 Å². The second-order valence-electron chi connectivity index (χ2n) is 4.78. The molecule has 1 aromatic rings. The highest BCUT2D eigenvalue weighted by atomic mass is 35.5. The van der Waals surface area contributed by atoms with E-state index >= 15 is 0 Å². The molecular weight excluding hydrogens is 255 g/mol. The monoisotopic (exact) mass is 272 g/mol. The van der Waals surface area contributed by atoms with Crippen LogP contribution < -0.4 is 11.1 Å². The lowest BCUT2D eigenvalue weighted by atomic mass is 9.98. The molecule has 0 aromatic heterocycles. The maximum atomic E-state index is 13.1. The maximum Gasteiger partial charge on any atom is 0.244 e. The first-order chi connectivity index (χ1) is 8.01. The van der Waals surface area contributed by atoms with Crippen molar-refractivity contribution in [1.82, 2.24) is 0 Å². The topological polar surface area (TPSA) is 55.1 Å². The molecule has 100 valence electrons. The highest BCUT2D eigenvalue weighted by Gasteiger charge is 2.37. The molecular formula is C13H18ClFN2O. The molecule has 1 saturated carbocycles. The van der Waals surface area contributed by atoms with Crippen molar-refractivity contribution in [3.63, 3.8) is 0 Å². The van der Waals surface area contributed by atoms with Gasteiger partial charge in [0.2, 0.25) is 5.91 Å². The van der Waals surface area contributed by atoms with Crippen LogP contribution in [-0.4, -0.2) is 11.4 Å². The minimum Gasteiger partial charge on any atom is -0.324 e. The summed E-state index contributed by atoms with van der Waals surface area (Å²) in [5.41, 5.74) is 6.59. The Labute approximate surface area is 112 Å². The average Bonchev–Trinajstić information content (AvgIpc) is 2.72. The number of carbonyl (C=O) groups excluding carboxylic acids is 1. The van der Waals surface area contributed by atoms with Gasteiger partial charge in [-0.1, -0.05) is 18.9 Å². The second kappa shape index (κ2) is 5.67. The maximum absolute atomic E-state index is 13.1. The summed E-state index contributed by atoms with van der Waals surface area (Å²) < 4.78 is 13.1. The molecule has 1 aliphatic rings. The number of rotatable bonds is 2. The van der Waals surface area contributed by atoms with Crippen molar-refractivity contribution in [1.29, 1.82) is 0 Å². The number of nitrogens with one attached hydrogen (secondary N) is 1. The van der Waals surface area contributed by atoms with E-state index in [2.05, 4.69) is 5.32 Å². The van der Waals surface area contributed by atoms with E-state index in [-0.39, 0.29) is 24.1 Å². The molecule has 2 rings (SSSR count). The Morgan fingerprint density at radius 1 is 1.39 bits per heavy atom. The molecule has 1 amide bonds. The molecule has 5 heteroatoms. The molecule has 0 aliphatic heterocycles. The van der Waals surface area contributed by atoms with Gasteiger partial charge in [-0.25, -0.2) is 4.39 Å². The Balaban J connectivity index is 0.00000162. The summed E-state index contributed by atoms with van der Waals surface area (Å²) in [4.78, 5) is 12.0. The van der Waals surface area contributed by atoms with Crippen molar-refractivity contribution in [3.8, 4) is 0 Å². The molecule has 0 bridgehead atoms. The number of nitrogens with two attached hydrogens (primary N) is 1. The van der Waals surface area contributed by atoms with E-state index in [0.29, 0.717) is 18.5 Å². The van der Waals surface area contributed by atoms with Gasteiger partial charge in [0.25, 0.3) is 0 Å². The van der Waals surface area contributed by atoms with Crippen LogP contribution in [-0.2, 0) is 4.79 Å². The third-order valence-electron chi connectivity index (χ3n) is 3.40. The minimum absolute atomic E-state index is 0. The van der Waals surface area contributed by atoms with E-state index in [0.717, 1.165) is 18.4 Å². The van der Waals surface area contributed by atoms with Gasteiger partial charge in [-0.05, 0) is 37.5 Å². The first kappa shape index (κ1) is 14.9. The molecule has 3 N–H and O–H groups in total. The van der Waals surface area contributed by atoms with Gasteiger partial charge in [0.05, 0.1) is 5.54 Å². The van der Waals surface area contributed by atoms with Gasteiger partial charge >= 0.3 is 0 Å². The molecule has 1 aliphatic carbocycles. The van der Waals surface area contributed by atoms with Gasteiger partial charge in [0.15, 0.2) is 0 Å². The van der Waals surface area contributed by atoms with Gasteiger partial charge < -0.3 is 11.1 Å². The van der Waals surface area contributed by atoms with E-state index in [1.807, 2.05) is 6.92 Å². The molecule has 0 saturated heterocycles. The van der Waals surface area contributed by atoms with Crippen molar-refractivity contribution in [3.05, 3.63) is 29.6 Å². The third-order valence-corrected chi connectivity index (χ3v) is 3.40. The molecule has 0 radical (unpaired) electrons. The summed E-state index contributed by atoms with van der Waals surface area (Å²) >= 11 is 0. The Bertz CT molecular complexity index is 445. The van der Waals surface area contributed by atoms with E-state index in [1.54, 1.807) is 6.07 Å². The van der Waals surface area contributed by atoms with Crippen LogP contribution in [0.3, 0.4) is 0 Å². The number of anilines is 1. The fourth-order valence-corrected chi connectivity index (χ4v) is 2.21. The molecule has 1 fully saturated rings. The Kier molecular flexibility index (Phi) is 4.71. The van der Waals surface area contributed by atoms with Crippen molar-refractivity contribution in [2.24, 2.45) is 5.73 Å². The number of hydrogen-bond acceptors (Lipinski definition) is 2. The van der Waals surface area contributed by atoms with Crippen LogP contribution >= 0.6 is 12.4 Å². The normalized spacial score (nSPS) is 17.1. The van der Waals surface area contributed by atoms with Gasteiger partial charge in [0.1, 0.15) is 5.82 Å². The fraction of sp³-hybridized carbons (Fsp3) is 0.462. The van der Waals surface area contributed by atoms with Crippen molar-refractivity contribution >= 4 is 24.0 Å². The van der Waals surface area contributed by atoms with E-state index < -0.39 is 5.54 Å². The van der Waals surface area contributed by atoms with E-state index in [9.17, 15) is 9.18 Å². The summed E-state index contributed by atoms with van der Waals surface area (Å²) in [6.07, 6.45) is 3.36. The van der Waals surface area contributed by atoms with Crippen LogP contribution in [0.15, 0.2) is 18.2 Å². The number of amides is 1. The Morgan fingerprint density at radius 3 is 2.61 bits per heavy atom. The molecule has 0 heterocycles. The summed E-state index contributed by atoms with van der Waals surface area (Å²) in [5.74, 6) is -0.563. The van der Waals surface area contributed by atoms with Crippen LogP contribution in [0.25, 0.3) is 0 Å². The first-order valence-corrected chi connectivity index (χ1v) is 5.88. The summed E-state index contributed by atoms with van der Waals surface area (Å²) in [7, 11) is 0. The third kappa shape index (κ3) is 3.00. The quantitative estimate of drug-likeness (QED) is 0.870. The predicted octanol–water partition coefficient (Wildman–Crippen LogP) is 2.77. The molecule has 0 unspecified atom stereocenters. The van der Waals surface area contributed by atoms with Gasteiger partial charge in [0, 0.05) is 5.69 Å². The predicted molar refractivity (Wildman–Crippen MR) is 72.4 cm³/mol. The van der Waals surface area contributed by atoms with E-state index in [1.165, 1.54) is 12.1 Å². The largest absolute Gasteiger partial charge is 0.324 e. The number of carbonyl (C=O) groups is 1. The SMILES string of the molecule is Cc1ccc(F)cc1NC(=O)C1(N)CCCC1.Cl. The summed E-state index contributed by atoms with van der Waals surface area (Å²) in [5, 5.41) is 2.73. The zero-order valence-electron chi connectivity index (χ0n) is 10.3. The second-order valence-corrected chi connectivity index (χ2v) is 4.78.